The van der Waals surface area contributed by atoms with Crippen LogP contribution in [0, 0.1) is 0 Å². The molecule has 1 fully saturated rings. The number of likely N-dealkylation sites (N-methyl/N-ethyl adjacent to an activating group) is 1. The molecule has 2 heterocycles. The van der Waals surface area contributed by atoms with Crippen LogP contribution < -0.4 is 0 Å². The maximum absolute atomic E-state index is 12.1. The molecule has 1 aliphatic heterocycles. The van der Waals surface area contributed by atoms with Crippen LogP contribution in [0.2, 0.25) is 5.02 Å². The summed E-state index contributed by atoms with van der Waals surface area (Å²) in [5.41, 5.74) is 0.833. The average molecular weight is 413 g/mol. The molecule has 0 atom stereocenters. The van der Waals surface area contributed by atoms with Crippen molar-refractivity contribution in [3.8, 4) is 11.3 Å². The number of carbonyl (C=O) groups excluding carboxylic acids is 2. The Morgan fingerprint density at radius 2 is 2.09 bits per heavy atom. The number of carbonyl (C=O) groups is 2. The number of amides is 2. The van der Waals surface area contributed by atoms with Gasteiger partial charge in [0.15, 0.2) is 0 Å². The van der Waals surface area contributed by atoms with Gasteiger partial charge < -0.3 is 4.42 Å². The van der Waals surface area contributed by atoms with Gasteiger partial charge in [0.2, 0.25) is 0 Å². The molecule has 2 aromatic rings. The first-order chi connectivity index (χ1) is 11.0. The molecule has 1 saturated heterocycles. The number of hydrogen-bond donors (Lipinski definition) is 0. The van der Waals surface area contributed by atoms with Gasteiger partial charge in [0.25, 0.3) is 11.1 Å². The van der Waals surface area contributed by atoms with Gasteiger partial charge in [-0.3, -0.25) is 14.5 Å². The summed E-state index contributed by atoms with van der Waals surface area (Å²) in [5, 5.41) is 0.333. The fourth-order valence-corrected chi connectivity index (χ4v) is 3.45. The van der Waals surface area contributed by atoms with Crippen LogP contribution in [0.1, 0.15) is 12.7 Å². The lowest BCUT2D eigenvalue weighted by Gasteiger charge is -2.06. The van der Waals surface area contributed by atoms with Crippen LogP contribution in [-0.4, -0.2) is 22.6 Å². The number of benzene rings is 1. The van der Waals surface area contributed by atoms with Crippen LogP contribution in [0.3, 0.4) is 0 Å². The fraction of sp³-hybridized carbons (Fsp3) is 0.125. The topological polar surface area (TPSA) is 50.5 Å². The first kappa shape index (κ1) is 16.4. The maximum atomic E-state index is 12.1. The van der Waals surface area contributed by atoms with E-state index >= 15 is 0 Å². The summed E-state index contributed by atoms with van der Waals surface area (Å²) in [7, 11) is 0. The number of halogens is 2. The van der Waals surface area contributed by atoms with Crippen molar-refractivity contribution < 1.29 is 14.0 Å². The summed E-state index contributed by atoms with van der Waals surface area (Å²) in [4.78, 5) is 25.3. The average Bonchev–Trinajstić information content (AvgIpc) is 3.08. The molecule has 118 valence electrons. The normalized spacial score (nSPS) is 16.7. The third kappa shape index (κ3) is 3.24. The third-order valence-electron chi connectivity index (χ3n) is 3.29. The molecule has 0 aliphatic carbocycles. The van der Waals surface area contributed by atoms with Gasteiger partial charge in [-0.25, -0.2) is 0 Å². The second kappa shape index (κ2) is 6.55. The summed E-state index contributed by atoms with van der Waals surface area (Å²) < 4.78 is 6.54. The van der Waals surface area contributed by atoms with Gasteiger partial charge in [0, 0.05) is 22.7 Å². The van der Waals surface area contributed by atoms with Crippen molar-refractivity contribution >= 4 is 56.5 Å². The van der Waals surface area contributed by atoms with Crippen molar-refractivity contribution in [2.75, 3.05) is 6.54 Å². The Hall–Kier alpha value is -1.50. The van der Waals surface area contributed by atoms with Crippen LogP contribution in [0.25, 0.3) is 17.4 Å². The lowest BCUT2D eigenvalue weighted by molar-refractivity contribution is -0.122. The molecule has 23 heavy (non-hydrogen) atoms. The molecule has 2 amide bonds. The summed E-state index contributed by atoms with van der Waals surface area (Å²) in [6, 6.07) is 9.07. The molecule has 3 rings (SSSR count). The van der Waals surface area contributed by atoms with Crippen LogP contribution in [0.4, 0.5) is 4.79 Å². The Morgan fingerprint density at radius 1 is 1.30 bits per heavy atom. The summed E-state index contributed by atoms with van der Waals surface area (Å²) in [5.74, 6) is 0.869. The minimum atomic E-state index is -0.285. The molecular formula is C16H11BrClNO3S. The van der Waals surface area contributed by atoms with Crippen LogP contribution >= 0.6 is 39.3 Å². The first-order valence-corrected chi connectivity index (χ1v) is 8.79. The van der Waals surface area contributed by atoms with Gasteiger partial charge in [-0.1, -0.05) is 17.7 Å². The van der Waals surface area contributed by atoms with Crippen molar-refractivity contribution in [3.63, 3.8) is 0 Å². The van der Waals surface area contributed by atoms with E-state index in [4.69, 9.17) is 16.0 Å². The predicted molar refractivity (Wildman–Crippen MR) is 95.2 cm³/mol. The summed E-state index contributed by atoms with van der Waals surface area (Å²) >= 11 is 10.3. The van der Waals surface area contributed by atoms with Crippen LogP contribution in [0.5, 0.6) is 0 Å². The zero-order valence-corrected chi connectivity index (χ0v) is 15.2. The number of thioether (sulfide) groups is 1. The van der Waals surface area contributed by atoms with Crippen molar-refractivity contribution in [1.29, 1.82) is 0 Å². The van der Waals surface area contributed by atoms with E-state index in [0.29, 0.717) is 28.0 Å². The third-order valence-corrected chi connectivity index (χ3v) is 5.43. The number of nitrogens with zero attached hydrogens (tertiary/aromatic N) is 1. The minimum absolute atomic E-state index is 0.254. The number of rotatable bonds is 3. The van der Waals surface area contributed by atoms with E-state index in [2.05, 4.69) is 15.9 Å². The monoisotopic (exact) mass is 411 g/mol. The summed E-state index contributed by atoms with van der Waals surface area (Å²) in [6.45, 7) is 2.13. The highest BCUT2D eigenvalue weighted by Crippen LogP contribution is 2.34. The quantitative estimate of drug-likeness (QED) is 0.632. The molecule has 0 N–H and O–H groups in total. The second-order valence-electron chi connectivity index (χ2n) is 4.76. The number of imide groups is 1. The van der Waals surface area contributed by atoms with Gasteiger partial charge in [-0.2, -0.15) is 0 Å². The molecule has 0 spiro atoms. The SMILES string of the molecule is CCN1C(=O)S/C(=C/c2ccc(-c3ccc(Br)c(Cl)c3)o2)C1=O. The van der Waals surface area contributed by atoms with Gasteiger partial charge in [-0.05, 0) is 58.9 Å². The predicted octanol–water partition coefficient (Wildman–Crippen LogP) is 5.42. The van der Waals surface area contributed by atoms with Crippen molar-refractivity contribution in [2.45, 2.75) is 6.92 Å². The van der Waals surface area contributed by atoms with Crippen molar-refractivity contribution in [1.82, 2.24) is 4.90 Å². The molecule has 0 radical (unpaired) electrons. The highest BCUT2D eigenvalue weighted by atomic mass is 79.9. The van der Waals surface area contributed by atoms with Crippen LogP contribution in [0.15, 0.2) is 44.1 Å². The molecule has 7 heteroatoms. The Balaban J connectivity index is 1.88. The zero-order valence-electron chi connectivity index (χ0n) is 12.0. The van der Waals surface area contributed by atoms with E-state index in [9.17, 15) is 9.59 Å². The second-order valence-corrected chi connectivity index (χ2v) is 7.01. The first-order valence-electron chi connectivity index (χ1n) is 6.80. The van der Waals surface area contributed by atoms with Gasteiger partial charge in [0.1, 0.15) is 11.5 Å². The molecule has 4 nitrogen and oxygen atoms in total. The highest BCUT2D eigenvalue weighted by molar-refractivity contribution is 9.10. The minimum Gasteiger partial charge on any atom is -0.457 e. The molecule has 0 saturated carbocycles. The molecular weight excluding hydrogens is 402 g/mol. The van der Waals surface area contributed by atoms with Gasteiger partial charge >= 0.3 is 0 Å². The summed E-state index contributed by atoms with van der Waals surface area (Å²) in [6.07, 6.45) is 1.59. The van der Waals surface area contributed by atoms with E-state index in [0.717, 1.165) is 21.8 Å². The molecule has 0 bridgehead atoms. The zero-order chi connectivity index (χ0) is 16.6. The Labute approximate surface area is 150 Å². The van der Waals surface area contributed by atoms with E-state index < -0.39 is 0 Å². The van der Waals surface area contributed by atoms with Crippen molar-refractivity contribution in [3.05, 3.63) is 50.5 Å². The number of hydrogen-bond acceptors (Lipinski definition) is 4. The molecule has 1 aliphatic rings. The lowest BCUT2D eigenvalue weighted by Crippen LogP contribution is -2.27. The lowest BCUT2D eigenvalue weighted by atomic mass is 10.2. The van der Waals surface area contributed by atoms with Gasteiger partial charge in [0.05, 0.1) is 9.93 Å². The standard InChI is InChI=1S/C16H11BrClNO3S/c1-2-19-15(20)14(23-16(19)21)8-10-4-6-13(22-10)9-3-5-11(17)12(18)7-9/h3-8H,2H2,1H3/b14-8+. The van der Waals surface area contributed by atoms with E-state index in [1.165, 1.54) is 4.90 Å². The van der Waals surface area contributed by atoms with Gasteiger partial charge in [-0.15, -0.1) is 0 Å². The Bertz CT molecular complexity index is 830. The molecule has 1 aromatic carbocycles. The maximum Gasteiger partial charge on any atom is 0.293 e. The van der Waals surface area contributed by atoms with Crippen molar-refractivity contribution in [2.24, 2.45) is 0 Å². The molecule has 1 aromatic heterocycles. The fourth-order valence-electron chi connectivity index (χ4n) is 2.14. The van der Waals surface area contributed by atoms with E-state index in [-0.39, 0.29) is 11.1 Å². The number of furan rings is 1. The largest absolute Gasteiger partial charge is 0.457 e. The Kier molecular flexibility index (Phi) is 4.66. The van der Waals surface area contributed by atoms with E-state index in [1.807, 2.05) is 12.1 Å². The van der Waals surface area contributed by atoms with Crippen LogP contribution in [-0.2, 0) is 4.79 Å². The molecule has 0 unspecified atom stereocenters. The highest BCUT2D eigenvalue weighted by Gasteiger charge is 2.33. The smallest absolute Gasteiger partial charge is 0.293 e. The van der Waals surface area contributed by atoms with E-state index in [1.54, 1.807) is 31.2 Å². The Morgan fingerprint density at radius 3 is 2.74 bits per heavy atom.